The fourth-order valence-corrected chi connectivity index (χ4v) is 4.07. The number of rotatable bonds is 7. The minimum Gasteiger partial charge on any atom is -0.495 e. The third-order valence-corrected chi connectivity index (χ3v) is 6.00. The highest BCUT2D eigenvalue weighted by Gasteiger charge is 2.35. The summed E-state index contributed by atoms with van der Waals surface area (Å²) < 4.78 is 10.5. The smallest absolute Gasteiger partial charge is 0.255 e. The zero-order chi connectivity index (χ0) is 24.9. The maximum absolute atomic E-state index is 12.7. The van der Waals surface area contributed by atoms with Crippen molar-refractivity contribution in [1.82, 2.24) is 0 Å². The van der Waals surface area contributed by atoms with Gasteiger partial charge in [0.1, 0.15) is 11.5 Å². The van der Waals surface area contributed by atoms with Gasteiger partial charge in [0, 0.05) is 42.0 Å². The number of halogens is 1. The predicted molar refractivity (Wildman–Crippen MR) is 134 cm³/mol. The lowest BCUT2D eigenvalue weighted by Crippen LogP contribution is -2.28. The zero-order valence-corrected chi connectivity index (χ0v) is 20.0. The molecule has 0 saturated carbocycles. The van der Waals surface area contributed by atoms with Gasteiger partial charge in [0.2, 0.25) is 11.8 Å². The SMILES string of the molecule is COc1cc(NC(=O)c2ccc(NC(=O)C3CC(=O)N(c4ccccc4)C3)cc2)c(OC)cc1Cl. The normalized spacial score (nSPS) is 15.0. The van der Waals surface area contributed by atoms with Gasteiger partial charge >= 0.3 is 0 Å². The van der Waals surface area contributed by atoms with E-state index in [9.17, 15) is 14.4 Å². The van der Waals surface area contributed by atoms with Crippen molar-refractivity contribution in [1.29, 1.82) is 0 Å². The van der Waals surface area contributed by atoms with Crippen molar-refractivity contribution in [3.8, 4) is 11.5 Å². The summed E-state index contributed by atoms with van der Waals surface area (Å²) in [4.78, 5) is 39.5. The Morgan fingerprint density at radius 3 is 2.29 bits per heavy atom. The summed E-state index contributed by atoms with van der Waals surface area (Å²) >= 11 is 6.11. The molecule has 1 fully saturated rings. The first kappa shape index (κ1) is 24.1. The van der Waals surface area contributed by atoms with Gasteiger partial charge in [-0.1, -0.05) is 29.8 Å². The van der Waals surface area contributed by atoms with Crippen LogP contribution in [0.2, 0.25) is 5.02 Å². The van der Waals surface area contributed by atoms with Crippen molar-refractivity contribution in [2.75, 3.05) is 36.3 Å². The average Bonchev–Trinajstić information content (AvgIpc) is 3.27. The number of nitrogens with one attached hydrogen (secondary N) is 2. The lowest BCUT2D eigenvalue weighted by Gasteiger charge is -2.16. The summed E-state index contributed by atoms with van der Waals surface area (Å²) in [7, 11) is 2.95. The third kappa shape index (κ3) is 5.38. The molecule has 0 spiro atoms. The summed E-state index contributed by atoms with van der Waals surface area (Å²) in [6.45, 7) is 0.321. The maximum Gasteiger partial charge on any atom is 0.255 e. The van der Waals surface area contributed by atoms with Crippen molar-refractivity contribution in [3.05, 3.63) is 77.3 Å². The van der Waals surface area contributed by atoms with E-state index in [-0.39, 0.29) is 24.1 Å². The van der Waals surface area contributed by atoms with Gasteiger partial charge < -0.3 is 25.0 Å². The topological polar surface area (TPSA) is 97.0 Å². The highest BCUT2D eigenvalue weighted by atomic mass is 35.5. The number of anilines is 3. The Hall–Kier alpha value is -4.04. The van der Waals surface area contributed by atoms with Crippen molar-refractivity contribution in [2.45, 2.75) is 6.42 Å². The number of hydrogen-bond acceptors (Lipinski definition) is 5. The lowest BCUT2D eigenvalue weighted by molar-refractivity contribution is -0.122. The Bertz CT molecular complexity index is 1250. The van der Waals surface area contributed by atoms with Gasteiger partial charge in [0.25, 0.3) is 5.91 Å². The van der Waals surface area contributed by atoms with Crippen molar-refractivity contribution < 1.29 is 23.9 Å². The van der Waals surface area contributed by atoms with Crippen LogP contribution in [0.15, 0.2) is 66.7 Å². The summed E-state index contributed by atoms with van der Waals surface area (Å²) in [5.74, 6) is -0.367. The molecule has 1 heterocycles. The number of nitrogens with zero attached hydrogens (tertiary/aromatic N) is 1. The molecule has 0 radical (unpaired) electrons. The number of ether oxygens (including phenoxy) is 2. The van der Waals surface area contributed by atoms with Crippen LogP contribution in [0.5, 0.6) is 11.5 Å². The molecule has 4 rings (SSSR count). The van der Waals surface area contributed by atoms with Crippen LogP contribution in [0.25, 0.3) is 0 Å². The molecule has 9 heteroatoms. The quantitative estimate of drug-likeness (QED) is 0.501. The number of amides is 3. The van der Waals surface area contributed by atoms with E-state index >= 15 is 0 Å². The first-order valence-electron chi connectivity index (χ1n) is 10.9. The van der Waals surface area contributed by atoms with E-state index in [1.54, 1.807) is 41.3 Å². The number of carbonyl (C=O) groups excluding carboxylic acids is 3. The third-order valence-electron chi connectivity index (χ3n) is 5.70. The number of carbonyl (C=O) groups is 3. The molecule has 1 unspecified atom stereocenters. The number of para-hydroxylation sites is 1. The standard InChI is InChI=1S/C26H24ClN3O5/c1-34-22-14-21(23(35-2)13-20(22)27)29-25(32)16-8-10-18(11-9-16)28-26(33)17-12-24(31)30(15-17)19-6-4-3-5-7-19/h3-11,13-14,17H,12,15H2,1-2H3,(H,28,33)(H,29,32). The molecule has 3 aromatic rings. The van der Waals surface area contributed by atoms with E-state index in [0.717, 1.165) is 5.69 Å². The Balaban J connectivity index is 1.39. The number of hydrogen-bond donors (Lipinski definition) is 2. The lowest BCUT2D eigenvalue weighted by atomic mass is 10.1. The van der Waals surface area contributed by atoms with Gasteiger partial charge in [-0.05, 0) is 36.4 Å². The molecule has 180 valence electrons. The van der Waals surface area contributed by atoms with E-state index in [1.807, 2.05) is 30.3 Å². The van der Waals surface area contributed by atoms with Crippen LogP contribution in [-0.2, 0) is 9.59 Å². The molecule has 3 aromatic carbocycles. The molecule has 1 saturated heterocycles. The molecular weight excluding hydrogens is 470 g/mol. The van der Waals surface area contributed by atoms with Crippen molar-refractivity contribution in [3.63, 3.8) is 0 Å². The average molecular weight is 494 g/mol. The second-order valence-electron chi connectivity index (χ2n) is 7.95. The van der Waals surface area contributed by atoms with Crippen LogP contribution < -0.4 is 25.0 Å². The second kappa shape index (κ2) is 10.5. The highest BCUT2D eigenvalue weighted by Crippen LogP contribution is 2.36. The molecule has 2 N–H and O–H groups in total. The molecule has 0 bridgehead atoms. The van der Waals surface area contributed by atoms with E-state index < -0.39 is 5.92 Å². The predicted octanol–water partition coefficient (Wildman–Crippen LogP) is 4.60. The number of methoxy groups -OCH3 is 2. The van der Waals surface area contributed by atoms with Gasteiger partial charge in [0.15, 0.2) is 0 Å². The van der Waals surface area contributed by atoms with Crippen LogP contribution in [-0.4, -0.2) is 38.5 Å². The first-order chi connectivity index (χ1) is 16.9. The Labute approximate surface area is 207 Å². The summed E-state index contributed by atoms with van der Waals surface area (Å²) in [6, 6.07) is 18.9. The molecule has 0 aliphatic carbocycles. The van der Waals surface area contributed by atoms with Crippen molar-refractivity contribution >= 4 is 46.4 Å². The molecule has 1 aliphatic heterocycles. The monoisotopic (exact) mass is 493 g/mol. The van der Waals surface area contributed by atoms with Crippen LogP contribution in [0.1, 0.15) is 16.8 Å². The largest absolute Gasteiger partial charge is 0.495 e. The fourth-order valence-electron chi connectivity index (χ4n) is 3.84. The molecular formula is C26H24ClN3O5. The molecule has 0 aromatic heterocycles. The summed E-state index contributed by atoms with van der Waals surface area (Å²) in [6.07, 6.45) is 0.146. The Morgan fingerprint density at radius 1 is 0.943 bits per heavy atom. The fraction of sp³-hybridized carbons (Fsp3) is 0.192. The Kier molecular flexibility index (Phi) is 7.22. The zero-order valence-electron chi connectivity index (χ0n) is 19.2. The minimum atomic E-state index is -0.460. The molecule has 35 heavy (non-hydrogen) atoms. The summed E-state index contributed by atoms with van der Waals surface area (Å²) in [5.41, 5.74) is 2.09. The highest BCUT2D eigenvalue weighted by molar-refractivity contribution is 6.32. The number of benzene rings is 3. The van der Waals surface area contributed by atoms with Gasteiger partial charge in [0.05, 0.1) is 30.8 Å². The van der Waals surface area contributed by atoms with Crippen LogP contribution in [0, 0.1) is 5.92 Å². The molecule has 8 nitrogen and oxygen atoms in total. The van der Waals surface area contributed by atoms with Crippen molar-refractivity contribution in [2.24, 2.45) is 5.92 Å². The van der Waals surface area contributed by atoms with Gasteiger partial charge in [-0.25, -0.2) is 0 Å². The van der Waals surface area contributed by atoms with E-state index in [1.165, 1.54) is 14.2 Å². The Morgan fingerprint density at radius 2 is 1.63 bits per heavy atom. The molecule has 1 atom stereocenters. The van der Waals surface area contributed by atoms with E-state index in [0.29, 0.717) is 40.0 Å². The van der Waals surface area contributed by atoms with Gasteiger partial charge in [-0.2, -0.15) is 0 Å². The first-order valence-corrected chi connectivity index (χ1v) is 11.3. The van der Waals surface area contributed by atoms with Crippen LogP contribution >= 0.6 is 11.6 Å². The second-order valence-corrected chi connectivity index (χ2v) is 8.36. The minimum absolute atomic E-state index is 0.0855. The summed E-state index contributed by atoms with van der Waals surface area (Å²) in [5, 5.41) is 5.97. The molecule has 1 aliphatic rings. The molecule has 3 amide bonds. The van der Waals surface area contributed by atoms with E-state index in [2.05, 4.69) is 10.6 Å². The maximum atomic E-state index is 12.7. The van der Waals surface area contributed by atoms with E-state index in [4.69, 9.17) is 21.1 Å². The van der Waals surface area contributed by atoms with Crippen LogP contribution in [0.3, 0.4) is 0 Å². The van der Waals surface area contributed by atoms with Crippen LogP contribution in [0.4, 0.5) is 17.1 Å². The van der Waals surface area contributed by atoms with Gasteiger partial charge in [-0.3, -0.25) is 14.4 Å². The van der Waals surface area contributed by atoms with Gasteiger partial charge in [-0.15, -0.1) is 0 Å².